The molecule has 1 aliphatic carbocycles. The summed E-state index contributed by atoms with van der Waals surface area (Å²) in [6, 6.07) is 18.1. The minimum absolute atomic E-state index is 0.0381. The lowest BCUT2D eigenvalue weighted by molar-refractivity contribution is -0.120. The van der Waals surface area contributed by atoms with E-state index in [-0.39, 0.29) is 11.8 Å². The van der Waals surface area contributed by atoms with Crippen molar-refractivity contribution in [3.8, 4) is 11.1 Å². The highest BCUT2D eigenvalue weighted by Gasteiger charge is 2.24. The number of nitrogens with one attached hydrogen (secondary N) is 3. The maximum atomic E-state index is 11.9. The average molecular weight is 477 g/mol. The zero-order valence-electron chi connectivity index (χ0n) is 19.5. The minimum Gasteiger partial charge on any atom is -0.360 e. The summed E-state index contributed by atoms with van der Waals surface area (Å²) in [5.74, 6) is 0.311. The highest BCUT2D eigenvalue weighted by Crippen LogP contribution is 2.41. The number of carbonyl (C=O) groups is 2. The molecule has 0 atom stereocenters. The fraction of sp³-hybridized carbons (Fsp3) is 0.143. The molecule has 1 aromatic heterocycles. The van der Waals surface area contributed by atoms with E-state index in [9.17, 15) is 9.59 Å². The molecule has 6 rings (SSSR count). The van der Waals surface area contributed by atoms with Crippen LogP contribution >= 0.6 is 0 Å². The molecule has 8 heteroatoms. The number of aromatic nitrogens is 2. The van der Waals surface area contributed by atoms with E-state index in [1.807, 2.05) is 54.7 Å². The number of benzene rings is 3. The number of rotatable bonds is 6. The summed E-state index contributed by atoms with van der Waals surface area (Å²) >= 11 is 0. The molecule has 3 N–H and O–H groups in total. The van der Waals surface area contributed by atoms with Crippen LogP contribution in [0.15, 0.2) is 73.4 Å². The van der Waals surface area contributed by atoms with E-state index >= 15 is 0 Å². The van der Waals surface area contributed by atoms with Crippen molar-refractivity contribution in [2.24, 2.45) is 0 Å². The van der Waals surface area contributed by atoms with Crippen LogP contribution < -0.4 is 20.9 Å². The number of amides is 2. The molecule has 3 aromatic carbocycles. The standard InChI is InChI=1S/C28H24N6O2/c1-2-25(35)32-24-14-19(12-18-13-23(18)24)22-5-3-4-17-15-30-28(33-27(17)22)31-20-6-8-21(9-7-20)34-11-10-29-26(36)16-34/h2-9,12,14-15H,1,10-11,13,16H2,(H,29,36)(H,32,35)(H,30,31,33). The highest BCUT2D eigenvalue weighted by molar-refractivity contribution is 6.02. The van der Waals surface area contributed by atoms with Gasteiger partial charge in [-0.1, -0.05) is 30.8 Å². The number of hydrogen-bond acceptors (Lipinski definition) is 6. The first-order valence-electron chi connectivity index (χ1n) is 11.8. The Morgan fingerprint density at radius 1 is 1.14 bits per heavy atom. The molecule has 0 bridgehead atoms. The molecule has 4 aromatic rings. The van der Waals surface area contributed by atoms with Gasteiger partial charge < -0.3 is 20.9 Å². The highest BCUT2D eigenvalue weighted by atomic mass is 16.2. The lowest BCUT2D eigenvalue weighted by atomic mass is 10.0. The number of fused-ring (bicyclic) bond motifs is 2. The quantitative estimate of drug-likeness (QED) is 0.320. The van der Waals surface area contributed by atoms with Gasteiger partial charge in [0, 0.05) is 53.7 Å². The van der Waals surface area contributed by atoms with Crippen LogP contribution in [0.25, 0.3) is 22.0 Å². The lowest BCUT2D eigenvalue weighted by Gasteiger charge is -2.28. The van der Waals surface area contributed by atoms with E-state index in [4.69, 9.17) is 4.98 Å². The van der Waals surface area contributed by atoms with Crippen LogP contribution in [0.1, 0.15) is 11.1 Å². The van der Waals surface area contributed by atoms with Gasteiger partial charge >= 0.3 is 0 Å². The molecular formula is C28H24N6O2. The van der Waals surface area contributed by atoms with Crippen molar-refractivity contribution >= 4 is 45.7 Å². The van der Waals surface area contributed by atoms with Crippen LogP contribution in [-0.4, -0.2) is 41.4 Å². The number of hydrogen-bond donors (Lipinski definition) is 3. The summed E-state index contributed by atoms with van der Waals surface area (Å²) in [6.07, 6.45) is 3.96. The van der Waals surface area contributed by atoms with Gasteiger partial charge in [0.1, 0.15) is 0 Å². The van der Waals surface area contributed by atoms with Crippen molar-refractivity contribution in [3.63, 3.8) is 0 Å². The summed E-state index contributed by atoms with van der Waals surface area (Å²) < 4.78 is 0. The van der Waals surface area contributed by atoms with Crippen LogP contribution in [0.5, 0.6) is 0 Å². The second kappa shape index (κ2) is 8.81. The molecule has 178 valence electrons. The SMILES string of the molecule is C=CC(=O)Nc1cc(-c2cccc3cnc(Nc4ccc(N5CCNC(=O)C5)cc4)nc23)cc2c1C2. The Morgan fingerprint density at radius 2 is 2.00 bits per heavy atom. The number of piperazine rings is 1. The van der Waals surface area contributed by atoms with E-state index in [1.54, 1.807) is 0 Å². The third kappa shape index (κ3) is 4.24. The first kappa shape index (κ1) is 21.8. The zero-order chi connectivity index (χ0) is 24.6. The van der Waals surface area contributed by atoms with Crippen LogP contribution in [0.3, 0.4) is 0 Å². The first-order valence-corrected chi connectivity index (χ1v) is 11.8. The van der Waals surface area contributed by atoms with Crippen LogP contribution in [0.2, 0.25) is 0 Å². The number of carbonyl (C=O) groups excluding carboxylic acids is 2. The van der Waals surface area contributed by atoms with Crippen molar-refractivity contribution in [2.75, 3.05) is 35.2 Å². The van der Waals surface area contributed by atoms with Crippen LogP contribution in [0.4, 0.5) is 23.0 Å². The Kier molecular flexibility index (Phi) is 5.33. The van der Waals surface area contributed by atoms with Crippen molar-refractivity contribution in [2.45, 2.75) is 6.42 Å². The summed E-state index contributed by atoms with van der Waals surface area (Å²) in [7, 11) is 0. The topological polar surface area (TPSA) is 99.3 Å². The van der Waals surface area contributed by atoms with Gasteiger partial charge in [0.05, 0.1) is 12.1 Å². The molecule has 0 saturated carbocycles. The smallest absolute Gasteiger partial charge is 0.247 e. The molecule has 1 aliphatic heterocycles. The molecule has 0 unspecified atom stereocenters. The van der Waals surface area contributed by atoms with Gasteiger partial charge in [0.25, 0.3) is 0 Å². The van der Waals surface area contributed by atoms with E-state index in [1.165, 1.54) is 17.2 Å². The molecule has 0 radical (unpaired) electrons. The molecular weight excluding hydrogens is 452 g/mol. The van der Waals surface area contributed by atoms with Crippen molar-refractivity contribution < 1.29 is 9.59 Å². The summed E-state index contributed by atoms with van der Waals surface area (Å²) in [5, 5.41) is 9.98. The Bertz CT molecular complexity index is 1530. The van der Waals surface area contributed by atoms with Gasteiger partial charge in [-0.15, -0.1) is 0 Å². The average Bonchev–Trinajstić information content (AvgIpc) is 3.69. The van der Waals surface area contributed by atoms with E-state index in [0.29, 0.717) is 19.0 Å². The second-order valence-electron chi connectivity index (χ2n) is 8.91. The Balaban J connectivity index is 1.28. The molecule has 2 heterocycles. The van der Waals surface area contributed by atoms with Gasteiger partial charge in [0.15, 0.2) is 0 Å². The van der Waals surface area contributed by atoms with E-state index in [0.717, 1.165) is 52.1 Å². The second-order valence-corrected chi connectivity index (χ2v) is 8.91. The Labute approximate surface area is 208 Å². The normalized spacial score (nSPS) is 14.1. The van der Waals surface area contributed by atoms with Gasteiger partial charge in [-0.25, -0.2) is 9.97 Å². The summed E-state index contributed by atoms with van der Waals surface area (Å²) in [5.41, 5.74) is 7.87. The minimum atomic E-state index is -0.220. The lowest BCUT2D eigenvalue weighted by Crippen LogP contribution is -2.47. The fourth-order valence-corrected chi connectivity index (χ4v) is 4.57. The number of nitrogens with zero attached hydrogens (tertiary/aromatic N) is 3. The molecule has 8 nitrogen and oxygen atoms in total. The predicted octanol–water partition coefficient (Wildman–Crippen LogP) is 4.01. The van der Waals surface area contributed by atoms with E-state index < -0.39 is 0 Å². The first-order chi connectivity index (χ1) is 17.6. The monoisotopic (exact) mass is 476 g/mol. The predicted molar refractivity (Wildman–Crippen MR) is 142 cm³/mol. The largest absolute Gasteiger partial charge is 0.360 e. The Hall–Kier alpha value is -4.72. The van der Waals surface area contributed by atoms with Gasteiger partial charge in [-0.2, -0.15) is 0 Å². The maximum absolute atomic E-state index is 11.9. The fourth-order valence-electron chi connectivity index (χ4n) is 4.57. The van der Waals surface area contributed by atoms with E-state index in [2.05, 4.69) is 38.5 Å². The zero-order valence-corrected chi connectivity index (χ0v) is 19.5. The third-order valence-electron chi connectivity index (χ3n) is 6.48. The molecule has 1 saturated heterocycles. The van der Waals surface area contributed by atoms with Gasteiger partial charge in [-0.05, 0) is 53.1 Å². The number of para-hydroxylation sites is 1. The Morgan fingerprint density at radius 3 is 2.81 bits per heavy atom. The summed E-state index contributed by atoms with van der Waals surface area (Å²) in [6.45, 7) is 5.35. The van der Waals surface area contributed by atoms with Crippen molar-refractivity contribution in [1.82, 2.24) is 15.3 Å². The van der Waals surface area contributed by atoms with Gasteiger partial charge in [0.2, 0.25) is 17.8 Å². The molecule has 36 heavy (non-hydrogen) atoms. The molecule has 2 amide bonds. The van der Waals surface area contributed by atoms with Crippen LogP contribution in [0, 0.1) is 0 Å². The maximum Gasteiger partial charge on any atom is 0.247 e. The molecule has 2 aliphatic rings. The third-order valence-corrected chi connectivity index (χ3v) is 6.48. The summed E-state index contributed by atoms with van der Waals surface area (Å²) in [4.78, 5) is 35.0. The van der Waals surface area contributed by atoms with Gasteiger partial charge in [-0.3, -0.25) is 9.59 Å². The van der Waals surface area contributed by atoms with Crippen molar-refractivity contribution in [3.05, 3.63) is 84.6 Å². The molecule has 0 spiro atoms. The van der Waals surface area contributed by atoms with Crippen molar-refractivity contribution in [1.29, 1.82) is 0 Å². The van der Waals surface area contributed by atoms with Crippen LogP contribution in [-0.2, 0) is 16.0 Å². The number of anilines is 4. The molecule has 1 fully saturated rings.